The summed E-state index contributed by atoms with van der Waals surface area (Å²) in [7, 11) is 1.77. The van der Waals surface area contributed by atoms with Gasteiger partial charge in [-0.05, 0) is 53.8 Å². The van der Waals surface area contributed by atoms with Crippen LogP contribution in [0.5, 0.6) is 5.75 Å². The Morgan fingerprint density at radius 2 is 2.05 bits per heavy atom. The Balaban J connectivity index is 2.11. The van der Waals surface area contributed by atoms with E-state index in [-0.39, 0.29) is 12.6 Å². The van der Waals surface area contributed by atoms with Gasteiger partial charge in [-0.2, -0.15) is 5.10 Å². The summed E-state index contributed by atoms with van der Waals surface area (Å²) in [5.74, 6) is 0.378. The molecule has 0 fully saturated rings. The van der Waals surface area contributed by atoms with Gasteiger partial charge in [0.25, 0.3) is 0 Å². The molecule has 1 aromatic carbocycles. The molecule has 0 aliphatic heterocycles. The summed E-state index contributed by atoms with van der Waals surface area (Å²) in [6, 6.07) is 7.71. The molecule has 2 rings (SSSR count). The molecule has 0 saturated carbocycles. The number of rotatable bonds is 5. The van der Waals surface area contributed by atoms with Gasteiger partial charge in [-0.3, -0.25) is 4.68 Å². The second-order valence-electron chi connectivity index (χ2n) is 4.09. The third kappa shape index (κ3) is 3.50. The van der Waals surface area contributed by atoms with Gasteiger partial charge in [0.05, 0.1) is 18.5 Å². The van der Waals surface area contributed by atoms with Crippen LogP contribution < -0.4 is 4.74 Å². The van der Waals surface area contributed by atoms with Crippen LogP contribution in [0.2, 0.25) is 0 Å². The lowest BCUT2D eigenvalue weighted by Crippen LogP contribution is -2.11. The van der Waals surface area contributed by atoms with Gasteiger partial charge in [0.2, 0.25) is 0 Å². The van der Waals surface area contributed by atoms with Crippen molar-refractivity contribution in [2.45, 2.75) is 13.5 Å². The SMILES string of the molecule is CCOC(=O)c1cnn(C)c1COc1ccc(I)cc1. The molecule has 1 heterocycles. The number of hydrogen-bond donors (Lipinski definition) is 0. The first kappa shape index (κ1) is 14.8. The van der Waals surface area contributed by atoms with E-state index < -0.39 is 0 Å². The molecule has 0 spiro atoms. The number of halogens is 1. The van der Waals surface area contributed by atoms with Gasteiger partial charge in [0.1, 0.15) is 17.9 Å². The Labute approximate surface area is 131 Å². The fourth-order valence-electron chi connectivity index (χ4n) is 1.70. The molecule has 0 N–H and O–H groups in total. The molecule has 0 aliphatic carbocycles. The van der Waals surface area contributed by atoms with Crippen molar-refractivity contribution in [2.24, 2.45) is 7.05 Å². The second kappa shape index (κ2) is 6.74. The molecule has 20 heavy (non-hydrogen) atoms. The van der Waals surface area contributed by atoms with Crippen LogP contribution in [-0.2, 0) is 18.4 Å². The van der Waals surface area contributed by atoms with E-state index in [0.29, 0.717) is 17.9 Å². The average molecular weight is 386 g/mol. The summed E-state index contributed by atoms with van der Waals surface area (Å²) < 4.78 is 13.4. The highest BCUT2D eigenvalue weighted by Crippen LogP contribution is 2.17. The summed E-state index contributed by atoms with van der Waals surface area (Å²) in [5.41, 5.74) is 1.14. The highest BCUT2D eigenvalue weighted by atomic mass is 127. The first-order valence-corrected chi connectivity index (χ1v) is 7.26. The maximum atomic E-state index is 11.8. The minimum absolute atomic E-state index is 0.269. The van der Waals surface area contributed by atoms with Crippen LogP contribution in [0.3, 0.4) is 0 Å². The number of carbonyl (C=O) groups is 1. The topological polar surface area (TPSA) is 53.3 Å². The Kier molecular flexibility index (Phi) is 4.99. The quantitative estimate of drug-likeness (QED) is 0.586. The fourth-order valence-corrected chi connectivity index (χ4v) is 2.06. The molecular weight excluding hydrogens is 371 g/mol. The Hall–Kier alpha value is -1.57. The van der Waals surface area contributed by atoms with Crippen molar-refractivity contribution in [2.75, 3.05) is 6.61 Å². The molecule has 0 aliphatic rings. The van der Waals surface area contributed by atoms with E-state index in [2.05, 4.69) is 27.7 Å². The molecular formula is C14H15IN2O3. The van der Waals surface area contributed by atoms with Crippen LogP contribution in [0, 0.1) is 3.57 Å². The molecule has 0 radical (unpaired) electrons. The number of benzene rings is 1. The third-order valence-electron chi connectivity index (χ3n) is 2.75. The number of aryl methyl sites for hydroxylation is 1. The number of carbonyl (C=O) groups excluding carboxylic acids is 1. The zero-order chi connectivity index (χ0) is 14.5. The largest absolute Gasteiger partial charge is 0.487 e. The average Bonchev–Trinajstić information content (AvgIpc) is 2.80. The summed E-state index contributed by atoms with van der Waals surface area (Å²) in [6.45, 7) is 2.38. The van der Waals surface area contributed by atoms with Crippen molar-refractivity contribution in [1.82, 2.24) is 9.78 Å². The molecule has 1 aromatic heterocycles. The lowest BCUT2D eigenvalue weighted by Gasteiger charge is -2.08. The summed E-state index contributed by atoms with van der Waals surface area (Å²) in [4.78, 5) is 11.8. The molecule has 106 valence electrons. The van der Waals surface area contributed by atoms with Gasteiger partial charge in [-0.1, -0.05) is 0 Å². The van der Waals surface area contributed by atoms with Gasteiger partial charge in [0.15, 0.2) is 0 Å². The van der Waals surface area contributed by atoms with Crippen LogP contribution in [-0.4, -0.2) is 22.4 Å². The molecule has 6 heteroatoms. The van der Waals surface area contributed by atoms with Gasteiger partial charge < -0.3 is 9.47 Å². The number of nitrogens with zero attached hydrogens (tertiary/aromatic N) is 2. The normalized spacial score (nSPS) is 10.3. The minimum Gasteiger partial charge on any atom is -0.487 e. The highest BCUT2D eigenvalue weighted by Gasteiger charge is 2.17. The second-order valence-corrected chi connectivity index (χ2v) is 5.34. The predicted octanol–water partition coefficient (Wildman–Crippen LogP) is 2.78. The molecule has 0 atom stereocenters. The van der Waals surface area contributed by atoms with E-state index in [1.807, 2.05) is 24.3 Å². The zero-order valence-electron chi connectivity index (χ0n) is 11.3. The maximum absolute atomic E-state index is 11.8. The van der Waals surface area contributed by atoms with Gasteiger partial charge in [0, 0.05) is 10.6 Å². The molecule has 2 aromatic rings. The van der Waals surface area contributed by atoms with E-state index in [9.17, 15) is 4.79 Å². The van der Waals surface area contributed by atoms with Crippen molar-refractivity contribution >= 4 is 28.6 Å². The lowest BCUT2D eigenvalue weighted by atomic mass is 10.2. The van der Waals surface area contributed by atoms with Crippen molar-refractivity contribution in [3.05, 3.63) is 45.3 Å². The first-order valence-electron chi connectivity index (χ1n) is 6.18. The lowest BCUT2D eigenvalue weighted by molar-refractivity contribution is 0.0523. The Morgan fingerprint density at radius 1 is 1.35 bits per heavy atom. The van der Waals surface area contributed by atoms with E-state index in [4.69, 9.17) is 9.47 Å². The smallest absolute Gasteiger partial charge is 0.341 e. The molecule has 0 amide bonds. The van der Waals surface area contributed by atoms with Crippen molar-refractivity contribution in [1.29, 1.82) is 0 Å². The number of hydrogen-bond acceptors (Lipinski definition) is 4. The van der Waals surface area contributed by atoms with Crippen molar-refractivity contribution < 1.29 is 14.3 Å². The van der Waals surface area contributed by atoms with Crippen molar-refractivity contribution in [3.63, 3.8) is 0 Å². The number of ether oxygens (including phenoxy) is 2. The fraction of sp³-hybridized carbons (Fsp3) is 0.286. The van der Waals surface area contributed by atoms with Crippen LogP contribution in [0.4, 0.5) is 0 Å². The van der Waals surface area contributed by atoms with E-state index in [0.717, 1.165) is 9.32 Å². The van der Waals surface area contributed by atoms with E-state index in [1.165, 1.54) is 6.20 Å². The number of esters is 1. The van der Waals surface area contributed by atoms with Gasteiger partial charge in [-0.25, -0.2) is 4.79 Å². The summed E-state index contributed by atoms with van der Waals surface area (Å²) in [5, 5.41) is 4.08. The van der Waals surface area contributed by atoms with E-state index >= 15 is 0 Å². The zero-order valence-corrected chi connectivity index (χ0v) is 13.5. The Bertz CT molecular complexity index is 593. The molecule has 0 saturated heterocycles. The first-order chi connectivity index (χ1) is 9.61. The third-order valence-corrected chi connectivity index (χ3v) is 3.47. The molecule has 5 nitrogen and oxygen atoms in total. The highest BCUT2D eigenvalue weighted by molar-refractivity contribution is 14.1. The minimum atomic E-state index is -0.373. The van der Waals surface area contributed by atoms with Crippen LogP contribution >= 0.6 is 22.6 Å². The summed E-state index contributed by atoms with van der Waals surface area (Å²) in [6.07, 6.45) is 1.50. The van der Waals surface area contributed by atoms with Crippen LogP contribution in [0.15, 0.2) is 30.5 Å². The van der Waals surface area contributed by atoms with Crippen molar-refractivity contribution in [3.8, 4) is 5.75 Å². The number of aromatic nitrogens is 2. The van der Waals surface area contributed by atoms with E-state index in [1.54, 1.807) is 18.7 Å². The van der Waals surface area contributed by atoms with Crippen LogP contribution in [0.1, 0.15) is 23.0 Å². The predicted molar refractivity (Wildman–Crippen MR) is 82.7 cm³/mol. The summed E-state index contributed by atoms with van der Waals surface area (Å²) >= 11 is 2.23. The maximum Gasteiger partial charge on any atom is 0.341 e. The molecule has 0 unspecified atom stereocenters. The van der Waals surface area contributed by atoms with Gasteiger partial charge in [-0.15, -0.1) is 0 Å². The monoisotopic (exact) mass is 386 g/mol. The van der Waals surface area contributed by atoms with Crippen LogP contribution in [0.25, 0.3) is 0 Å². The van der Waals surface area contributed by atoms with Gasteiger partial charge >= 0.3 is 5.97 Å². The standard InChI is InChI=1S/C14H15IN2O3/c1-3-19-14(18)12-8-16-17(2)13(12)9-20-11-6-4-10(15)5-7-11/h4-8H,3,9H2,1-2H3. The molecule has 0 bridgehead atoms. The Morgan fingerprint density at radius 3 is 2.70 bits per heavy atom.